The fourth-order valence-electron chi connectivity index (χ4n) is 2.41. The van der Waals surface area contributed by atoms with Gasteiger partial charge in [0.15, 0.2) is 0 Å². The first-order valence-electron chi connectivity index (χ1n) is 7.45. The van der Waals surface area contributed by atoms with Crippen LogP contribution in [-0.4, -0.2) is 18.7 Å². The first-order chi connectivity index (χ1) is 10.9. The Morgan fingerprint density at radius 1 is 1.48 bits per heavy atom. The van der Waals surface area contributed by atoms with Crippen molar-refractivity contribution in [2.24, 2.45) is 11.0 Å². The molecular weight excluding hydrogens is 403 g/mol. The minimum absolute atomic E-state index is 0.219. The molecule has 1 aromatic carbocycles. The van der Waals surface area contributed by atoms with E-state index in [4.69, 9.17) is 4.74 Å². The molecule has 0 bridgehead atoms. The number of allylic oxidation sites excluding steroid dienone is 3. The number of ether oxygens (including phenoxy) is 1. The van der Waals surface area contributed by atoms with Crippen LogP contribution < -0.4 is 10.2 Å². The molecule has 1 aromatic rings. The van der Waals surface area contributed by atoms with Gasteiger partial charge >= 0.3 is 0 Å². The van der Waals surface area contributed by atoms with Crippen molar-refractivity contribution >= 4 is 34.2 Å². The molecule has 23 heavy (non-hydrogen) atoms. The zero-order chi connectivity index (χ0) is 17.0. The number of amides is 1. The molecule has 0 spiro atoms. The maximum Gasteiger partial charge on any atom is 0.271 e. The Morgan fingerprint density at radius 2 is 2.22 bits per heavy atom. The molecule has 1 atom stereocenters. The third kappa shape index (κ3) is 4.43. The zero-order valence-corrected chi connectivity index (χ0v) is 15.8. The van der Waals surface area contributed by atoms with Crippen LogP contribution in [0.15, 0.2) is 47.1 Å². The van der Waals surface area contributed by atoms with Crippen LogP contribution in [-0.2, 0) is 0 Å². The second-order valence-corrected chi connectivity index (χ2v) is 6.88. The van der Waals surface area contributed by atoms with Crippen LogP contribution in [0.3, 0.4) is 0 Å². The molecule has 0 saturated carbocycles. The molecule has 0 aliphatic heterocycles. The molecule has 0 saturated heterocycles. The van der Waals surface area contributed by atoms with Crippen molar-refractivity contribution in [3.8, 4) is 5.75 Å². The molecule has 122 valence electrons. The van der Waals surface area contributed by atoms with E-state index < -0.39 is 0 Å². The smallest absolute Gasteiger partial charge is 0.271 e. The predicted octanol–water partition coefficient (Wildman–Crippen LogP) is 4.32. The van der Waals surface area contributed by atoms with E-state index in [9.17, 15) is 4.79 Å². The number of hydrogen-bond donors (Lipinski definition) is 1. The van der Waals surface area contributed by atoms with Gasteiger partial charge in [-0.25, -0.2) is 5.43 Å². The third-order valence-electron chi connectivity index (χ3n) is 4.01. The molecule has 0 heterocycles. The number of hydrazone groups is 1. The molecule has 0 unspecified atom stereocenters. The number of hydrogen-bond acceptors (Lipinski definition) is 3. The molecular formula is C18H21IN2O2. The van der Waals surface area contributed by atoms with Crippen LogP contribution in [0, 0.1) is 9.49 Å². The van der Waals surface area contributed by atoms with Crippen LogP contribution in [0.1, 0.15) is 37.0 Å². The van der Waals surface area contributed by atoms with E-state index in [2.05, 4.69) is 45.8 Å². The van der Waals surface area contributed by atoms with Gasteiger partial charge in [0.1, 0.15) is 5.75 Å². The molecule has 1 amide bonds. The van der Waals surface area contributed by atoms with E-state index in [0.29, 0.717) is 11.5 Å². The van der Waals surface area contributed by atoms with Crippen molar-refractivity contribution in [2.75, 3.05) is 7.11 Å². The number of nitrogens with zero attached hydrogens (tertiary/aromatic N) is 1. The van der Waals surface area contributed by atoms with Gasteiger partial charge in [-0.05, 0) is 79.0 Å². The summed E-state index contributed by atoms with van der Waals surface area (Å²) in [6.07, 6.45) is 3.97. The number of methoxy groups -OCH3 is 1. The van der Waals surface area contributed by atoms with Gasteiger partial charge in [0.05, 0.1) is 16.4 Å². The van der Waals surface area contributed by atoms with Gasteiger partial charge in [0, 0.05) is 5.56 Å². The third-order valence-corrected chi connectivity index (χ3v) is 4.85. The summed E-state index contributed by atoms with van der Waals surface area (Å²) in [4.78, 5) is 12.3. The SMILES string of the molecule is C=C(C)[C@H]1CC=C(C)/C(=N/NC(=O)c2ccc(OC)c(I)c2)C1. The van der Waals surface area contributed by atoms with Gasteiger partial charge in [0.2, 0.25) is 0 Å². The Kier molecular flexibility index (Phi) is 5.98. The van der Waals surface area contributed by atoms with Gasteiger partial charge in [0.25, 0.3) is 5.91 Å². The number of nitrogens with one attached hydrogen (secondary N) is 1. The van der Waals surface area contributed by atoms with Crippen molar-refractivity contribution < 1.29 is 9.53 Å². The van der Waals surface area contributed by atoms with Crippen LogP contribution in [0.2, 0.25) is 0 Å². The standard InChI is InChI=1S/C18H21IN2O2/c1-11(2)13-6-5-12(3)16(10-13)20-21-18(22)14-7-8-17(23-4)15(19)9-14/h5,7-9,13H,1,6,10H2,2-4H3,(H,21,22)/b20-16+/t13-/m0/s1. The summed E-state index contributed by atoms with van der Waals surface area (Å²) in [6.45, 7) is 8.08. The second kappa shape index (κ2) is 7.77. The summed E-state index contributed by atoms with van der Waals surface area (Å²) < 4.78 is 6.09. The predicted molar refractivity (Wildman–Crippen MR) is 102 cm³/mol. The first-order valence-corrected chi connectivity index (χ1v) is 8.53. The summed E-state index contributed by atoms with van der Waals surface area (Å²) in [7, 11) is 1.61. The molecule has 0 radical (unpaired) electrons. The number of benzene rings is 1. The molecule has 5 heteroatoms. The Bertz CT molecular complexity index is 692. The van der Waals surface area contributed by atoms with E-state index in [-0.39, 0.29) is 5.91 Å². The topological polar surface area (TPSA) is 50.7 Å². The van der Waals surface area contributed by atoms with E-state index in [0.717, 1.165) is 39.0 Å². The van der Waals surface area contributed by atoms with Crippen LogP contribution in [0.25, 0.3) is 0 Å². The number of halogens is 1. The Labute approximate surface area is 150 Å². The van der Waals surface area contributed by atoms with E-state index in [1.165, 1.54) is 0 Å². The maximum atomic E-state index is 12.3. The fourth-order valence-corrected chi connectivity index (χ4v) is 3.15. The molecule has 4 nitrogen and oxygen atoms in total. The van der Waals surface area contributed by atoms with Crippen LogP contribution in [0.4, 0.5) is 0 Å². The van der Waals surface area contributed by atoms with Gasteiger partial charge in [-0.2, -0.15) is 5.10 Å². The van der Waals surface area contributed by atoms with Gasteiger partial charge in [-0.1, -0.05) is 18.2 Å². The maximum absolute atomic E-state index is 12.3. The monoisotopic (exact) mass is 424 g/mol. The lowest BCUT2D eigenvalue weighted by atomic mass is 9.85. The minimum atomic E-state index is -0.219. The van der Waals surface area contributed by atoms with Crippen molar-refractivity contribution in [1.29, 1.82) is 0 Å². The number of carbonyl (C=O) groups excluding carboxylic acids is 1. The Morgan fingerprint density at radius 3 is 2.83 bits per heavy atom. The highest BCUT2D eigenvalue weighted by Crippen LogP contribution is 2.26. The molecule has 1 aliphatic rings. The van der Waals surface area contributed by atoms with Crippen LogP contribution >= 0.6 is 22.6 Å². The zero-order valence-electron chi connectivity index (χ0n) is 13.6. The average molecular weight is 424 g/mol. The molecule has 1 aliphatic carbocycles. The lowest BCUT2D eigenvalue weighted by molar-refractivity contribution is 0.0954. The summed E-state index contributed by atoms with van der Waals surface area (Å²) in [5.74, 6) is 0.934. The second-order valence-electron chi connectivity index (χ2n) is 5.72. The fraction of sp³-hybridized carbons (Fsp3) is 0.333. The Hall–Kier alpha value is -1.63. The summed E-state index contributed by atoms with van der Waals surface area (Å²) in [6, 6.07) is 5.30. The first kappa shape index (κ1) is 17.7. The highest BCUT2D eigenvalue weighted by molar-refractivity contribution is 14.1. The normalized spacial score (nSPS) is 19.2. The number of carbonyl (C=O) groups is 1. The van der Waals surface area contributed by atoms with E-state index in [1.807, 2.05) is 13.8 Å². The molecule has 2 rings (SSSR count). The summed E-state index contributed by atoms with van der Waals surface area (Å²) in [5, 5.41) is 4.32. The average Bonchev–Trinajstić information content (AvgIpc) is 2.53. The molecule has 0 aromatic heterocycles. The van der Waals surface area contributed by atoms with Gasteiger partial charge in [-0.15, -0.1) is 0 Å². The van der Waals surface area contributed by atoms with Crippen molar-refractivity contribution in [3.05, 3.63) is 51.1 Å². The molecule has 0 fully saturated rings. The quantitative estimate of drug-likeness (QED) is 0.445. The highest BCUT2D eigenvalue weighted by atomic mass is 127. The Balaban J connectivity index is 2.11. The summed E-state index contributed by atoms with van der Waals surface area (Å²) >= 11 is 2.14. The largest absolute Gasteiger partial charge is 0.496 e. The van der Waals surface area contributed by atoms with Gasteiger partial charge in [-0.3, -0.25) is 4.79 Å². The van der Waals surface area contributed by atoms with Crippen molar-refractivity contribution in [3.63, 3.8) is 0 Å². The van der Waals surface area contributed by atoms with Gasteiger partial charge < -0.3 is 4.74 Å². The lowest BCUT2D eigenvalue weighted by Gasteiger charge is -2.22. The van der Waals surface area contributed by atoms with Crippen molar-refractivity contribution in [1.82, 2.24) is 5.43 Å². The minimum Gasteiger partial charge on any atom is -0.496 e. The lowest BCUT2D eigenvalue weighted by Crippen LogP contribution is -2.23. The summed E-state index contributed by atoms with van der Waals surface area (Å²) in [5.41, 5.74) is 6.41. The van der Waals surface area contributed by atoms with Crippen molar-refractivity contribution in [2.45, 2.75) is 26.7 Å². The van der Waals surface area contributed by atoms with E-state index >= 15 is 0 Å². The van der Waals surface area contributed by atoms with Crippen LogP contribution in [0.5, 0.6) is 5.75 Å². The highest BCUT2D eigenvalue weighted by Gasteiger charge is 2.19. The number of rotatable bonds is 4. The molecule has 1 N–H and O–H groups in total. The van der Waals surface area contributed by atoms with E-state index in [1.54, 1.807) is 25.3 Å².